The highest BCUT2D eigenvalue weighted by Gasteiger charge is 2.15. The highest BCUT2D eigenvalue weighted by molar-refractivity contribution is 7.81. The molecule has 0 spiro atoms. The smallest absolute Gasteiger partial charge is 0.232 e. The number of hydrogen-bond acceptors (Lipinski definition) is 2. The van der Waals surface area contributed by atoms with E-state index in [9.17, 15) is 4.79 Å². The zero-order valence-electron chi connectivity index (χ0n) is 8.96. The molecular formula is C11H21NOS. The van der Waals surface area contributed by atoms with Crippen LogP contribution in [-0.2, 0) is 4.79 Å². The van der Waals surface area contributed by atoms with E-state index >= 15 is 0 Å². The first-order valence-electron chi connectivity index (χ1n) is 5.68. The molecule has 1 N–H and O–H groups in total. The molecule has 0 radical (unpaired) electrons. The van der Waals surface area contributed by atoms with E-state index in [4.69, 9.17) is 0 Å². The third kappa shape index (κ3) is 4.36. The van der Waals surface area contributed by atoms with Crippen LogP contribution in [0.1, 0.15) is 51.9 Å². The summed E-state index contributed by atoms with van der Waals surface area (Å²) in [6.07, 6.45) is 8.81. The Labute approximate surface area is 92.2 Å². The van der Waals surface area contributed by atoms with Crippen LogP contribution in [0.3, 0.4) is 0 Å². The van der Waals surface area contributed by atoms with Gasteiger partial charge in [-0.05, 0) is 19.8 Å². The molecule has 1 fully saturated rings. The summed E-state index contributed by atoms with van der Waals surface area (Å²) in [5, 5.41) is 2.89. The van der Waals surface area contributed by atoms with E-state index in [-0.39, 0.29) is 11.2 Å². The monoisotopic (exact) mass is 215 g/mol. The number of carbonyl (C=O) groups is 1. The van der Waals surface area contributed by atoms with Crippen LogP contribution < -0.4 is 5.32 Å². The van der Waals surface area contributed by atoms with Crippen molar-refractivity contribution in [3.05, 3.63) is 0 Å². The Bertz CT molecular complexity index is 174. The van der Waals surface area contributed by atoms with Gasteiger partial charge in [0.2, 0.25) is 5.91 Å². The molecular weight excluding hydrogens is 194 g/mol. The number of hydrogen-bond donors (Lipinski definition) is 2. The van der Waals surface area contributed by atoms with Crippen LogP contribution in [0.15, 0.2) is 0 Å². The summed E-state index contributed by atoms with van der Waals surface area (Å²) in [4.78, 5) is 11.4. The molecule has 0 bridgehead atoms. The highest BCUT2D eigenvalue weighted by Crippen LogP contribution is 2.17. The molecule has 82 valence electrons. The van der Waals surface area contributed by atoms with Gasteiger partial charge < -0.3 is 5.32 Å². The van der Waals surface area contributed by atoms with Crippen molar-refractivity contribution in [2.24, 2.45) is 0 Å². The van der Waals surface area contributed by atoms with Gasteiger partial charge in [-0.3, -0.25) is 4.79 Å². The topological polar surface area (TPSA) is 29.1 Å². The second-order valence-corrected chi connectivity index (χ2v) is 5.00. The SMILES string of the molecule is CC(S)C(=O)NC1CCCCCCC1. The molecule has 14 heavy (non-hydrogen) atoms. The molecule has 1 aliphatic rings. The van der Waals surface area contributed by atoms with Crippen molar-refractivity contribution in [2.75, 3.05) is 0 Å². The Morgan fingerprint density at radius 1 is 1.21 bits per heavy atom. The average Bonchev–Trinajstić information content (AvgIpc) is 2.08. The van der Waals surface area contributed by atoms with Crippen molar-refractivity contribution in [1.82, 2.24) is 5.32 Å². The van der Waals surface area contributed by atoms with Gasteiger partial charge in [0.15, 0.2) is 0 Å². The van der Waals surface area contributed by atoms with Crippen LogP contribution in [0.25, 0.3) is 0 Å². The number of amides is 1. The standard InChI is InChI=1S/C11H21NOS/c1-9(14)11(13)12-10-7-5-3-2-4-6-8-10/h9-10,14H,2-8H2,1H3,(H,12,13). The minimum Gasteiger partial charge on any atom is -0.352 e. The summed E-state index contributed by atoms with van der Waals surface area (Å²) < 4.78 is 0. The van der Waals surface area contributed by atoms with E-state index in [0.29, 0.717) is 6.04 Å². The van der Waals surface area contributed by atoms with Crippen LogP contribution in [-0.4, -0.2) is 17.2 Å². The lowest BCUT2D eigenvalue weighted by molar-refractivity contribution is -0.121. The molecule has 1 saturated carbocycles. The zero-order chi connectivity index (χ0) is 10.4. The molecule has 0 aromatic rings. The molecule has 1 atom stereocenters. The second kappa shape index (κ2) is 6.33. The Balaban J connectivity index is 2.30. The van der Waals surface area contributed by atoms with Gasteiger partial charge in [-0.25, -0.2) is 0 Å². The Morgan fingerprint density at radius 3 is 2.21 bits per heavy atom. The summed E-state index contributed by atoms with van der Waals surface area (Å²) in [5.74, 6) is 0.0823. The Morgan fingerprint density at radius 2 is 1.71 bits per heavy atom. The third-order valence-corrected chi connectivity index (χ3v) is 3.07. The van der Waals surface area contributed by atoms with Crippen molar-refractivity contribution >= 4 is 18.5 Å². The predicted octanol–water partition coefficient (Wildman–Crippen LogP) is 2.53. The second-order valence-electron chi connectivity index (χ2n) is 4.23. The van der Waals surface area contributed by atoms with Gasteiger partial charge in [-0.15, -0.1) is 0 Å². The van der Waals surface area contributed by atoms with Crippen LogP contribution in [0, 0.1) is 0 Å². The van der Waals surface area contributed by atoms with Crippen molar-refractivity contribution < 1.29 is 4.79 Å². The fourth-order valence-corrected chi connectivity index (χ4v) is 2.00. The number of nitrogens with one attached hydrogen (secondary N) is 1. The average molecular weight is 215 g/mol. The first-order chi connectivity index (χ1) is 6.70. The third-order valence-electron chi connectivity index (χ3n) is 2.83. The number of carbonyl (C=O) groups excluding carboxylic acids is 1. The Kier molecular flexibility index (Phi) is 5.38. The highest BCUT2D eigenvalue weighted by atomic mass is 32.1. The van der Waals surface area contributed by atoms with E-state index < -0.39 is 0 Å². The molecule has 3 heteroatoms. The maximum absolute atomic E-state index is 11.4. The van der Waals surface area contributed by atoms with Crippen LogP contribution in [0.5, 0.6) is 0 Å². The Hall–Kier alpha value is -0.180. The van der Waals surface area contributed by atoms with Crippen molar-refractivity contribution in [3.8, 4) is 0 Å². The summed E-state index contributed by atoms with van der Waals surface area (Å²) >= 11 is 4.13. The lowest BCUT2D eigenvalue weighted by Crippen LogP contribution is -2.38. The lowest BCUT2D eigenvalue weighted by atomic mass is 9.97. The van der Waals surface area contributed by atoms with E-state index in [2.05, 4.69) is 17.9 Å². The van der Waals surface area contributed by atoms with Crippen molar-refractivity contribution in [2.45, 2.75) is 63.2 Å². The number of thiol groups is 1. The minimum atomic E-state index is -0.180. The molecule has 0 aromatic heterocycles. The van der Waals surface area contributed by atoms with Gasteiger partial charge in [0.05, 0.1) is 5.25 Å². The molecule has 0 saturated heterocycles. The molecule has 0 aromatic carbocycles. The fourth-order valence-electron chi connectivity index (χ4n) is 1.92. The van der Waals surface area contributed by atoms with Gasteiger partial charge in [-0.1, -0.05) is 32.1 Å². The summed E-state index contributed by atoms with van der Waals surface area (Å²) in [6.45, 7) is 1.82. The van der Waals surface area contributed by atoms with Gasteiger partial charge in [0.25, 0.3) is 0 Å². The summed E-state index contributed by atoms with van der Waals surface area (Å²) in [6, 6.07) is 0.400. The zero-order valence-corrected chi connectivity index (χ0v) is 9.85. The minimum absolute atomic E-state index is 0.0823. The quantitative estimate of drug-likeness (QED) is 0.681. The molecule has 1 amide bonds. The maximum Gasteiger partial charge on any atom is 0.232 e. The van der Waals surface area contributed by atoms with Crippen LogP contribution >= 0.6 is 12.6 Å². The van der Waals surface area contributed by atoms with Crippen LogP contribution in [0.2, 0.25) is 0 Å². The van der Waals surface area contributed by atoms with E-state index in [1.165, 1.54) is 32.1 Å². The van der Waals surface area contributed by atoms with E-state index in [1.54, 1.807) is 0 Å². The van der Waals surface area contributed by atoms with E-state index in [0.717, 1.165) is 12.8 Å². The van der Waals surface area contributed by atoms with Gasteiger partial charge >= 0.3 is 0 Å². The van der Waals surface area contributed by atoms with E-state index in [1.807, 2.05) is 6.92 Å². The first kappa shape index (κ1) is 11.9. The lowest BCUT2D eigenvalue weighted by Gasteiger charge is -2.21. The summed E-state index contributed by atoms with van der Waals surface area (Å²) in [5.41, 5.74) is 0. The normalized spacial score (nSPS) is 22.1. The van der Waals surface area contributed by atoms with Gasteiger partial charge in [0.1, 0.15) is 0 Å². The molecule has 1 rings (SSSR count). The van der Waals surface area contributed by atoms with Crippen molar-refractivity contribution in [3.63, 3.8) is 0 Å². The van der Waals surface area contributed by atoms with Crippen molar-refractivity contribution in [1.29, 1.82) is 0 Å². The molecule has 1 aliphatic carbocycles. The molecule has 2 nitrogen and oxygen atoms in total. The number of rotatable bonds is 2. The van der Waals surface area contributed by atoms with Gasteiger partial charge in [0, 0.05) is 6.04 Å². The first-order valence-corrected chi connectivity index (χ1v) is 6.20. The molecule has 1 unspecified atom stereocenters. The maximum atomic E-state index is 11.4. The fraction of sp³-hybridized carbons (Fsp3) is 0.909. The summed E-state index contributed by atoms with van der Waals surface area (Å²) in [7, 11) is 0. The predicted molar refractivity (Wildman–Crippen MR) is 62.7 cm³/mol. The van der Waals surface area contributed by atoms with Crippen LogP contribution in [0.4, 0.5) is 0 Å². The molecule has 0 aliphatic heterocycles. The van der Waals surface area contributed by atoms with Gasteiger partial charge in [-0.2, -0.15) is 12.6 Å². The molecule has 0 heterocycles. The largest absolute Gasteiger partial charge is 0.352 e.